The lowest BCUT2D eigenvalue weighted by Gasteiger charge is -2.17. The van der Waals surface area contributed by atoms with E-state index in [4.69, 9.17) is 14.2 Å². The minimum atomic E-state index is 0.0657. The summed E-state index contributed by atoms with van der Waals surface area (Å²) in [7, 11) is 4.90. The maximum Gasteiger partial charge on any atom is 0.164 e. The molecule has 0 N–H and O–H groups in total. The standard InChI is InChI=1S/C15H17BrO3S/c1-9-5-6-14(20-9)15(16)10-7-12(18-3)13(19-4)8-11(10)17-2/h5-8,15H,1-4H3. The minimum absolute atomic E-state index is 0.0657. The van der Waals surface area contributed by atoms with Crippen LogP contribution in [0.2, 0.25) is 0 Å². The van der Waals surface area contributed by atoms with Crippen LogP contribution in [-0.2, 0) is 0 Å². The molecular weight excluding hydrogens is 340 g/mol. The van der Waals surface area contributed by atoms with E-state index in [1.807, 2.05) is 12.1 Å². The van der Waals surface area contributed by atoms with Crippen LogP contribution in [-0.4, -0.2) is 21.3 Å². The van der Waals surface area contributed by atoms with Crippen molar-refractivity contribution in [3.05, 3.63) is 39.6 Å². The summed E-state index contributed by atoms with van der Waals surface area (Å²) in [5.74, 6) is 2.13. The van der Waals surface area contributed by atoms with Crippen LogP contribution < -0.4 is 14.2 Å². The number of methoxy groups -OCH3 is 3. The Labute approximate surface area is 131 Å². The lowest BCUT2D eigenvalue weighted by Crippen LogP contribution is -1.99. The van der Waals surface area contributed by atoms with Crippen molar-refractivity contribution in [1.82, 2.24) is 0 Å². The molecule has 1 atom stereocenters. The highest BCUT2D eigenvalue weighted by atomic mass is 79.9. The number of benzene rings is 1. The summed E-state index contributed by atoms with van der Waals surface area (Å²) in [4.78, 5) is 2.58. The smallest absolute Gasteiger partial charge is 0.164 e. The predicted molar refractivity (Wildman–Crippen MR) is 85.9 cm³/mol. The third-order valence-electron chi connectivity index (χ3n) is 3.02. The van der Waals surface area contributed by atoms with Crippen LogP contribution in [0.15, 0.2) is 24.3 Å². The van der Waals surface area contributed by atoms with Crippen molar-refractivity contribution in [2.75, 3.05) is 21.3 Å². The Balaban J connectivity index is 2.49. The molecular formula is C15H17BrO3S. The Kier molecular flexibility index (Phi) is 4.94. The van der Waals surface area contributed by atoms with E-state index in [0.717, 1.165) is 11.3 Å². The Hall–Kier alpha value is -1.20. The maximum atomic E-state index is 5.48. The molecule has 0 radical (unpaired) electrons. The van der Waals surface area contributed by atoms with Crippen LogP contribution in [0.3, 0.4) is 0 Å². The first-order valence-corrected chi connectivity index (χ1v) is 7.84. The highest BCUT2D eigenvalue weighted by molar-refractivity contribution is 9.09. The fourth-order valence-electron chi connectivity index (χ4n) is 1.99. The van der Waals surface area contributed by atoms with Crippen LogP contribution in [0.25, 0.3) is 0 Å². The molecule has 0 bridgehead atoms. The van der Waals surface area contributed by atoms with Gasteiger partial charge >= 0.3 is 0 Å². The number of ether oxygens (including phenoxy) is 3. The molecule has 20 heavy (non-hydrogen) atoms. The zero-order valence-electron chi connectivity index (χ0n) is 11.9. The van der Waals surface area contributed by atoms with Crippen LogP contribution >= 0.6 is 27.3 Å². The molecule has 0 saturated carbocycles. The van der Waals surface area contributed by atoms with Crippen molar-refractivity contribution in [3.63, 3.8) is 0 Å². The van der Waals surface area contributed by atoms with E-state index in [9.17, 15) is 0 Å². The highest BCUT2D eigenvalue weighted by Gasteiger charge is 2.20. The van der Waals surface area contributed by atoms with Crippen molar-refractivity contribution in [1.29, 1.82) is 0 Å². The van der Waals surface area contributed by atoms with E-state index >= 15 is 0 Å². The third-order valence-corrected chi connectivity index (χ3v) is 5.37. The van der Waals surface area contributed by atoms with Gasteiger partial charge in [-0.25, -0.2) is 0 Å². The summed E-state index contributed by atoms with van der Waals surface area (Å²) in [6.07, 6.45) is 0. The van der Waals surface area contributed by atoms with Gasteiger partial charge in [-0.2, -0.15) is 0 Å². The van der Waals surface area contributed by atoms with Crippen LogP contribution in [0, 0.1) is 6.92 Å². The number of rotatable bonds is 5. The second kappa shape index (κ2) is 6.50. The topological polar surface area (TPSA) is 27.7 Å². The lowest BCUT2D eigenvalue weighted by molar-refractivity contribution is 0.348. The summed E-state index contributed by atoms with van der Waals surface area (Å²) < 4.78 is 16.2. The molecule has 2 aromatic rings. The van der Waals surface area contributed by atoms with Crippen molar-refractivity contribution < 1.29 is 14.2 Å². The quantitative estimate of drug-likeness (QED) is 0.734. The monoisotopic (exact) mass is 356 g/mol. The number of hydrogen-bond donors (Lipinski definition) is 0. The van der Waals surface area contributed by atoms with Gasteiger partial charge in [0.05, 0.1) is 26.2 Å². The van der Waals surface area contributed by atoms with Crippen LogP contribution in [0.4, 0.5) is 0 Å². The molecule has 5 heteroatoms. The fraction of sp³-hybridized carbons (Fsp3) is 0.333. The Morgan fingerprint density at radius 1 is 0.950 bits per heavy atom. The van der Waals surface area contributed by atoms with Crippen molar-refractivity contribution in [3.8, 4) is 17.2 Å². The van der Waals surface area contributed by atoms with Crippen LogP contribution in [0.1, 0.15) is 20.1 Å². The summed E-state index contributed by atoms with van der Waals surface area (Å²) in [6.45, 7) is 2.10. The Morgan fingerprint density at radius 2 is 1.55 bits per heavy atom. The number of thiophene rings is 1. The van der Waals surface area contributed by atoms with Crippen molar-refractivity contribution in [2.24, 2.45) is 0 Å². The molecule has 3 nitrogen and oxygen atoms in total. The SMILES string of the molecule is COc1cc(OC)c(C(Br)c2ccc(C)s2)cc1OC. The van der Waals surface area contributed by atoms with Gasteiger partial charge in [-0.05, 0) is 25.1 Å². The maximum absolute atomic E-state index is 5.48. The van der Waals surface area contributed by atoms with Gasteiger partial charge in [-0.1, -0.05) is 15.9 Å². The lowest BCUT2D eigenvalue weighted by atomic mass is 10.1. The number of halogens is 1. The molecule has 0 fully saturated rings. The van der Waals surface area contributed by atoms with Gasteiger partial charge < -0.3 is 14.2 Å². The second-order valence-corrected chi connectivity index (χ2v) is 6.50. The summed E-state index contributed by atoms with van der Waals surface area (Å²) in [5, 5.41) is 0. The predicted octanol–water partition coefficient (Wildman–Crippen LogP) is 4.57. The molecule has 2 rings (SSSR count). The van der Waals surface area contributed by atoms with Gasteiger partial charge in [0, 0.05) is 21.4 Å². The van der Waals surface area contributed by atoms with E-state index in [2.05, 4.69) is 35.0 Å². The van der Waals surface area contributed by atoms with Gasteiger partial charge in [-0.15, -0.1) is 11.3 Å². The average molecular weight is 357 g/mol. The largest absolute Gasteiger partial charge is 0.496 e. The van der Waals surface area contributed by atoms with E-state index in [0.29, 0.717) is 11.5 Å². The molecule has 0 aliphatic heterocycles. The van der Waals surface area contributed by atoms with Gasteiger partial charge in [0.1, 0.15) is 5.75 Å². The van der Waals surface area contributed by atoms with Gasteiger partial charge in [-0.3, -0.25) is 0 Å². The molecule has 1 unspecified atom stereocenters. The summed E-state index contributed by atoms with van der Waals surface area (Å²) >= 11 is 5.50. The molecule has 108 valence electrons. The molecule has 1 heterocycles. The number of hydrogen-bond acceptors (Lipinski definition) is 4. The molecule has 0 saturated heterocycles. The van der Waals surface area contributed by atoms with Crippen LogP contribution in [0.5, 0.6) is 17.2 Å². The number of alkyl halides is 1. The fourth-order valence-corrected chi connectivity index (χ4v) is 3.66. The summed E-state index contributed by atoms with van der Waals surface area (Å²) in [5.41, 5.74) is 1.02. The van der Waals surface area contributed by atoms with E-state index in [1.165, 1.54) is 9.75 Å². The van der Waals surface area contributed by atoms with Crippen molar-refractivity contribution in [2.45, 2.75) is 11.8 Å². The van der Waals surface area contributed by atoms with E-state index < -0.39 is 0 Å². The van der Waals surface area contributed by atoms with Gasteiger partial charge in [0.2, 0.25) is 0 Å². The van der Waals surface area contributed by atoms with E-state index in [1.54, 1.807) is 32.7 Å². The van der Waals surface area contributed by atoms with Gasteiger partial charge in [0.25, 0.3) is 0 Å². The first kappa shape index (κ1) is 15.2. The first-order valence-electron chi connectivity index (χ1n) is 6.11. The summed E-state index contributed by atoms with van der Waals surface area (Å²) in [6, 6.07) is 8.03. The van der Waals surface area contributed by atoms with Crippen molar-refractivity contribution >= 4 is 27.3 Å². The molecule has 0 aliphatic carbocycles. The highest BCUT2D eigenvalue weighted by Crippen LogP contribution is 2.44. The zero-order chi connectivity index (χ0) is 14.7. The van der Waals surface area contributed by atoms with E-state index in [-0.39, 0.29) is 4.83 Å². The molecule has 1 aromatic carbocycles. The normalized spacial score (nSPS) is 12.1. The second-order valence-electron chi connectivity index (χ2n) is 4.26. The molecule has 0 spiro atoms. The third kappa shape index (κ3) is 2.94. The Morgan fingerprint density at radius 3 is 2.05 bits per heavy atom. The van der Waals surface area contributed by atoms with Gasteiger partial charge in [0.15, 0.2) is 11.5 Å². The molecule has 0 aliphatic rings. The minimum Gasteiger partial charge on any atom is -0.496 e. The Bertz CT molecular complexity index is 595. The first-order chi connectivity index (χ1) is 9.60. The zero-order valence-corrected chi connectivity index (χ0v) is 14.3. The number of aryl methyl sites for hydroxylation is 1. The molecule has 0 amide bonds. The molecule has 1 aromatic heterocycles. The average Bonchev–Trinajstić information content (AvgIpc) is 2.91.